The van der Waals surface area contributed by atoms with Crippen molar-refractivity contribution in [1.82, 2.24) is 10.6 Å². The highest BCUT2D eigenvalue weighted by Crippen LogP contribution is 2.21. The van der Waals surface area contributed by atoms with Crippen LogP contribution in [-0.2, 0) is 4.79 Å². The summed E-state index contributed by atoms with van der Waals surface area (Å²) in [7, 11) is 1.47. The number of imide groups is 1. The van der Waals surface area contributed by atoms with Gasteiger partial charge in [0.15, 0.2) is 6.04 Å². The third-order valence-corrected chi connectivity index (χ3v) is 4.13. The molecule has 2 aromatic carbocycles. The summed E-state index contributed by atoms with van der Waals surface area (Å²) in [5.74, 6) is -0.376. The van der Waals surface area contributed by atoms with E-state index in [4.69, 9.17) is 11.6 Å². The molecule has 126 valence electrons. The molecule has 2 rings (SSSR count). The summed E-state index contributed by atoms with van der Waals surface area (Å²) in [4.78, 5) is 24.0. The van der Waals surface area contributed by atoms with Crippen LogP contribution in [0.25, 0.3) is 0 Å². The predicted molar refractivity (Wildman–Crippen MR) is 93.6 cm³/mol. The Balaban J connectivity index is 2.24. The minimum absolute atomic E-state index is 0.0562. The zero-order valence-corrected chi connectivity index (χ0v) is 14.4. The van der Waals surface area contributed by atoms with Crippen molar-refractivity contribution in [1.29, 1.82) is 0 Å². The zero-order chi connectivity index (χ0) is 17.5. The summed E-state index contributed by atoms with van der Waals surface area (Å²) in [5, 5.41) is 7.29. The largest absolute Gasteiger partial charge is 0.341 e. The molecule has 0 saturated carbocycles. The van der Waals surface area contributed by atoms with Crippen LogP contribution in [0.15, 0.2) is 54.6 Å². The van der Waals surface area contributed by atoms with Gasteiger partial charge in [0.25, 0.3) is 5.91 Å². The summed E-state index contributed by atoms with van der Waals surface area (Å²) < 4.78 is 0. The van der Waals surface area contributed by atoms with Gasteiger partial charge in [0.2, 0.25) is 0 Å². The number of amides is 3. The maximum Gasteiger partial charge on any atom is 0.321 e. The second-order valence-corrected chi connectivity index (χ2v) is 5.87. The quantitative estimate of drug-likeness (QED) is 0.776. The molecule has 0 saturated heterocycles. The Morgan fingerprint density at radius 2 is 1.67 bits per heavy atom. The van der Waals surface area contributed by atoms with Gasteiger partial charge in [0.05, 0.1) is 0 Å². The van der Waals surface area contributed by atoms with E-state index in [-0.39, 0.29) is 11.9 Å². The predicted octanol–water partition coefficient (Wildman–Crippen LogP) is 2.16. The highest BCUT2D eigenvalue weighted by molar-refractivity contribution is 6.31. The molecule has 5 nitrogen and oxygen atoms in total. The lowest BCUT2D eigenvalue weighted by Crippen LogP contribution is -2.88. The Morgan fingerprint density at radius 3 is 2.29 bits per heavy atom. The average Bonchev–Trinajstić information content (AvgIpc) is 2.60. The Bertz CT molecular complexity index is 706. The first kappa shape index (κ1) is 18.0. The number of nitrogens with two attached hydrogens (primary N) is 1. The third-order valence-electron chi connectivity index (χ3n) is 3.78. The normalized spacial score (nSPS) is 13.0. The van der Waals surface area contributed by atoms with E-state index in [0.29, 0.717) is 5.02 Å². The molecule has 0 aliphatic heterocycles. The Hall–Kier alpha value is -2.37. The lowest BCUT2D eigenvalue weighted by molar-refractivity contribution is -0.719. The Morgan fingerprint density at radius 1 is 1.04 bits per heavy atom. The minimum Gasteiger partial charge on any atom is -0.341 e. The average molecular weight is 347 g/mol. The number of hydrogen-bond acceptors (Lipinski definition) is 2. The number of nitrogens with one attached hydrogen (secondary N) is 2. The lowest BCUT2D eigenvalue weighted by Gasteiger charge is -2.20. The highest BCUT2D eigenvalue weighted by Gasteiger charge is 2.28. The standard InChI is InChI=1S/C18H20ClN3O2/c1-12(14-10-6-7-11-15(14)19)21-16(13-8-4-3-5-9-13)17(23)22-18(24)20-2/h3-12,16,21H,1-2H3,(H2,20,22,23,24)/p+1/t12-,16+/m1/s1. The zero-order valence-electron chi connectivity index (χ0n) is 13.6. The molecule has 0 unspecified atom stereocenters. The van der Waals surface area contributed by atoms with Gasteiger partial charge in [-0.2, -0.15) is 0 Å². The number of benzene rings is 2. The van der Waals surface area contributed by atoms with Crippen molar-refractivity contribution >= 4 is 23.5 Å². The second-order valence-electron chi connectivity index (χ2n) is 5.46. The van der Waals surface area contributed by atoms with Crippen molar-refractivity contribution in [3.63, 3.8) is 0 Å². The molecule has 0 aliphatic carbocycles. The number of rotatable bonds is 5. The first-order chi connectivity index (χ1) is 11.5. The van der Waals surface area contributed by atoms with Gasteiger partial charge in [-0.15, -0.1) is 0 Å². The molecule has 0 fully saturated rings. The highest BCUT2D eigenvalue weighted by atomic mass is 35.5. The van der Waals surface area contributed by atoms with Crippen molar-refractivity contribution in [3.05, 3.63) is 70.7 Å². The van der Waals surface area contributed by atoms with Crippen LogP contribution >= 0.6 is 11.6 Å². The lowest BCUT2D eigenvalue weighted by atomic mass is 10.0. The van der Waals surface area contributed by atoms with Gasteiger partial charge in [-0.25, -0.2) is 4.79 Å². The Kier molecular flexibility index (Phi) is 6.35. The van der Waals surface area contributed by atoms with Crippen LogP contribution < -0.4 is 16.0 Å². The second kappa shape index (κ2) is 8.47. The number of quaternary nitrogens is 1. The SMILES string of the molecule is CNC(=O)NC(=O)[C@@H]([NH2+][C@H](C)c1ccccc1Cl)c1ccccc1. The molecule has 2 aromatic rings. The topological polar surface area (TPSA) is 74.8 Å². The molecule has 4 N–H and O–H groups in total. The minimum atomic E-state index is -0.560. The van der Waals surface area contributed by atoms with E-state index in [2.05, 4.69) is 10.6 Å². The summed E-state index contributed by atoms with van der Waals surface area (Å²) in [5.41, 5.74) is 1.76. The van der Waals surface area contributed by atoms with Gasteiger partial charge in [-0.1, -0.05) is 60.1 Å². The van der Waals surface area contributed by atoms with Crippen LogP contribution in [0.5, 0.6) is 0 Å². The summed E-state index contributed by atoms with van der Waals surface area (Å²) in [6, 6.07) is 15.7. The Labute approximate surface area is 146 Å². The van der Waals surface area contributed by atoms with Gasteiger partial charge in [0, 0.05) is 23.2 Å². The molecule has 6 heteroatoms. The molecule has 0 aromatic heterocycles. The smallest absolute Gasteiger partial charge is 0.321 e. The van der Waals surface area contributed by atoms with E-state index < -0.39 is 12.1 Å². The van der Waals surface area contributed by atoms with Gasteiger partial charge in [-0.3, -0.25) is 10.1 Å². The molecule has 2 atom stereocenters. The van der Waals surface area contributed by atoms with E-state index in [9.17, 15) is 9.59 Å². The third kappa shape index (κ3) is 4.57. The molecule has 0 spiro atoms. The molecular weight excluding hydrogens is 326 g/mol. The van der Waals surface area contributed by atoms with Gasteiger partial charge < -0.3 is 10.6 Å². The molecule has 0 aliphatic rings. The van der Waals surface area contributed by atoms with E-state index >= 15 is 0 Å². The summed E-state index contributed by atoms with van der Waals surface area (Å²) >= 11 is 6.25. The molecule has 3 amide bonds. The van der Waals surface area contributed by atoms with E-state index in [1.807, 2.05) is 66.8 Å². The van der Waals surface area contributed by atoms with E-state index in [1.165, 1.54) is 7.05 Å². The summed E-state index contributed by atoms with van der Waals surface area (Å²) in [6.45, 7) is 1.98. The van der Waals surface area contributed by atoms with Crippen molar-refractivity contribution in [2.45, 2.75) is 19.0 Å². The maximum absolute atomic E-state index is 12.5. The number of carbonyl (C=O) groups is 2. The van der Waals surface area contributed by atoms with Crippen LogP contribution in [0, 0.1) is 0 Å². The first-order valence-electron chi connectivity index (χ1n) is 7.70. The maximum atomic E-state index is 12.5. The van der Waals surface area contributed by atoms with E-state index in [1.54, 1.807) is 0 Å². The van der Waals surface area contributed by atoms with Crippen LogP contribution in [0.2, 0.25) is 5.02 Å². The van der Waals surface area contributed by atoms with Crippen LogP contribution in [0.1, 0.15) is 30.1 Å². The van der Waals surface area contributed by atoms with Crippen LogP contribution in [0.3, 0.4) is 0 Å². The molecule has 0 heterocycles. The van der Waals surface area contributed by atoms with Crippen molar-refractivity contribution in [2.75, 3.05) is 7.05 Å². The van der Waals surface area contributed by atoms with Gasteiger partial charge in [0.1, 0.15) is 6.04 Å². The number of halogens is 1. The van der Waals surface area contributed by atoms with Crippen molar-refractivity contribution in [3.8, 4) is 0 Å². The molecular formula is C18H21ClN3O2+. The molecule has 0 radical (unpaired) electrons. The first-order valence-corrected chi connectivity index (χ1v) is 8.07. The van der Waals surface area contributed by atoms with Crippen LogP contribution in [-0.4, -0.2) is 19.0 Å². The van der Waals surface area contributed by atoms with Crippen LogP contribution in [0.4, 0.5) is 4.79 Å². The van der Waals surface area contributed by atoms with Crippen molar-refractivity contribution in [2.24, 2.45) is 0 Å². The van der Waals surface area contributed by atoms with Crippen molar-refractivity contribution < 1.29 is 14.9 Å². The number of urea groups is 1. The fourth-order valence-corrected chi connectivity index (χ4v) is 2.81. The monoisotopic (exact) mass is 346 g/mol. The molecule has 24 heavy (non-hydrogen) atoms. The fraction of sp³-hybridized carbons (Fsp3) is 0.222. The number of carbonyl (C=O) groups excluding carboxylic acids is 2. The number of hydrogen-bond donors (Lipinski definition) is 3. The van der Waals surface area contributed by atoms with Gasteiger partial charge >= 0.3 is 6.03 Å². The van der Waals surface area contributed by atoms with E-state index in [0.717, 1.165) is 11.1 Å². The summed E-state index contributed by atoms with van der Waals surface area (Å²) in [6.07, 6.45) is 0. The van der Waals surface area contributed by atoms with Gasteiger partial charge in [-0.05, 0) is 13.0 Å². The fourth-order valence-electron chi connectivity index (χ4n) is 2.50. The molecule has 0 bridgehead atoms.